The normalized spacial score (nSPS) is 15.5. The van der Waals surface area contributed by atoms with Gasteiger partial charge in [-0.3, -0.25) is 0 Å². The van der Waals surface area contributed by atoms with Gasteiger partial charge >= 0.3 is 0 Å². The third-order valence-corrected chi connectivity index (χ3v) is 5.31. The van der Waals surface area contributed by atoms with Crippen molar-refractivity contribution in [1.82, 2.24) is 0 Å². The largest absolute Gasteiger partial charge is 0.397 e. The molecule has 1 aliphatic heterocycles. The second-order valence-corrected chi connectivity index (χ2v) is 6.02. The van der Waals surface area contributed by atoms with Crippen molar-refractivity contribution < 1.29 is 0 Å². The zero-order valence-electron chi connectivity index (χ0n) is 9.06. The van der Waals surface area contributed by atoms with Crippen LogP contribution < -0.4 is 5.73 Å². The highest BCUT2D eigenvalue weighted by molar-refractivity contribution is 7.99. The fraction of sp³-hybridized carbons (Fsp3) is 0.154. The van der Waals surface area contributed by atoms with Gasteiger partial charge in [-0.25, -0.2) is 0 Å². The highest BCUT2D eigenvalue weighted by Crippen LogP contribution is 2.43. The molecule has 1 aliphatic rings. The molecule has 2 nitrogen and oxygen atoms in total. The van der Waals surface area contributed by atoms with Crippen molar-refractivity contribution in [2.75, 3.05) is 5.75 Å². The maximum Gasteiger partial charge on any atom is 0.0969 e. The minimum absolute atomic E-state index is 0.675. The molecule has 0 unspecified atom stereocenters. The number of benzene rings is 1. The van der Waals surface area contributed by atoms with Gasteiger partial charge in [0.2, 0.25) is 0 Å². The Morgan fingerprint density at radius 1 is 1.29 bits per heavy atom. The molecule has 3 rings (SSSR count). The predicted molar refractivity (Wildman–Crippen MR) is 73.9 cm³/mol. The number of thioether (sulfide) groups is 1. The molecule has 0 atom stereocenters. The van der Waals surface area contributed by atoms with E-state index >= 15 is 0 Å². The smallest absolute Gasteiger partial charge is 0.0969 e. The van der Waals surface area contributed by atoms with E-state index in [2.05, 4.69) is 18.2 Å². The van der Waals surface area contributed by atoms with Crippen molar-refractivity contribution in [3.63, 3.8) is 0 Å². The van der Waals surface area contributed by atoms with Gasteiger partial charge in [0.25, 0.3) is 0 Å². The minimum Gasteiger partial charge on any atom is -0.397 e. The lowest BCUT2D eigenvalue weighted by atomic mass is 10.1. The van der Waals surface area contributed by atoms with Gasteiger partial charge in [0.15, 0.2) is 0 Å². The summed E-state index contributed by atoms with van der Waals surface area (Å²) in [4.78, 5) is 2.32. The van der Waals surface area contributed by atoms with E-state index in [1.54, 1.807) is 23.1 Å². The Labute approximate surface area is 108 Å². The van der Waals surface area contributed by atoms with Crippen LogP contribution in [0.5, 0.6) is 0 Å². The van der Waals surface area contributed by atoms with Crippen molar-refractivity contribution in [2.45, 2.75) is 11.3 Å². The molecule has 1 aromatic heterocycles. The van der Waals surface area contributed by atoms with E-state index in [9.17, 15) is 0 Å². The fourth-order valence-corrected chi connectivity index (χ4v) is 4.52. The summed E-state index contributed by atoms with van der Waals surface area (Å²) in [5.41, 5.74) is 7.52. The summed E-state index contributed by atoms with van der Waals surface area (Å²) < 4.78 is 1.24. The van der Waals surface area contributed by atoms with Crippen LogP contribution in [0.2, 0.25) is 0 Å². The Hall–Kier alpha value is -1.44. The van der Waals surface area contributed by atoms with Crippen LogP contribution >= 0.6 is 23.1 Å². The van der Waals surface area contributed by atoms with Crippen LogP contribution in [0.4, 0.5) is 0 Å². The zero-order valence-corrected chi connectivity index (χ0v) is 10.7. The number of thiophene rings is 1. The molecule has 0 saturated carbocycles. The zero-order chi connectivity index (χ0) is 11.8. The standard InChI is InChI=1S/C13H10N2S2/c14-7-8-5-6-16-12-9-3-1-2-4-10(9)17-13(12)11(8)15/h1-4H,5-6,15H2. The SMILES string of the molecule is N#CC1=C(N)c2sc3ccccc3c2SCC1. The van der Waals surface area contributed by atoms with Crippen molar-refractivity contribution >= 4 is 38.9 Å². The number of rotatable bonds is 0. The summed E-state index contributed by atoms with van der Waals surface area (Å²) in [7, 11) is 0. The number of fused-ring (bicyclic) bond motifs is 3. The lowest BCUT2D eigenvalue weighted by Gasteiger charge is -1.99. The molecular formula is C13H10N2S2. The van der Waals surface area contributed by atoms with Crippen LogP contribution in [0, 0.1) is 11.3 Å². The number of nitriles is 1. The van der Waals surface area contributed by atoms with Gasteiger partial charge in [0, 0.05) is 20.7 Å². The van der Waals surface area contributed by atoms with Gasteiger partial charge in [-0.2, -0.15) is 5.26 Å². The van der Waals surface area contributed by atoms with Gasteiger partial charge in [0.1, 0.15) is 0 Å². The quantitative estimate of drug-likeness (QED) is 0.785. The van der Waals surface area contributed by atoms with Crippen molar-refractivity contribution in [1.29, 1.82) is 5.26 Å². The molecule has 2 N–H and O–H groups in total. The van der Waals surface area contributed by atoms with E-state index in [0.29, 0.717) is 5.70 Å². The average Bonchev–Trinajstić information content (AvgIpc) is 2.65. The van der Waals surface area contributed by atoms with Crippen LogP contribution in [0.25, 0.3) is 15.8 Å². The maximum absolute atomic E-state index is 9.09. The molecule has 0 radical (unpaired) electrons. The fourth-order valence-electron chi connectivity index (χ4n) is 1.99. The topological polar surface area (TPSA) is 49.8 Å². The molecule has 2 aromatic rings. The Morgan fingerprint density at radius 3 is 2.94 bits per heavy atom. The molecule has 4 heteroatoms. The van der Waals surface area contributed by atoms with Crippen LogP contribution in [-0.4, -0.2) is 5.75 Å². The summed E-state index contributed by atoms with van der Waals surface area (Å²) in [6.07, 6.45) is 0.767. The first-order valence-corrected chi connectivity index (χ1v) is 7.15. The van der Waals surface area contributed by atoms with E-state index in [4.69, 9.17) is 11.0 Å². The number of nitrogens with zero attached hydrogens (tertiary/aromatic N) is 1. The Kier molecular flexibility index (Phi) is 2.58. The van der Waals surface area contributed by atoms with Gasteiger partial charge in [-0.1, -0.05) is 18.2 Å². The first kappa shape index (κ1) is 10.7. The van der Waals surface area contributed by atoms with Gasteiger partial charge < -0.3 is 5.73 Å². The highest BCUT2D eigenvalue weighted by Gasteiger charge is 2.20. The molecule has 0 bridgehead atoms. The van der Waals surface area contributed by atoms with Gasteiger partial charge in [-0.15, -0.1) is 23.1 Å². The summed E-state index contributed by atoms with van der Waals surface area (Å²) in [5, 5.41) is 10.4. The molecular weight excluding hydrogens is 248 g/mol. The van der Waals surface area contributed by atoms with E-state index < -0.39 is 0 Å². The third-order valence-electron chi connectivity index (χ3n) is 2.85. The lowest BCUT2D eigenvalue weighted by molar-refractivity contribution is 1.17. The lowest BCUT2D eigenvalue weighted by Crippen LogP contribution is -1.98. The van der Waals surface area contributed by atoms with E-state index in [1.807, 2.05) is 12.1 Å². The van der Waals surface area contributed by atoms with Crippen molar-refractivity contribution in [3.05, 3.63) is 34.7 Å². The Bertz CT molecular complexity index is 662. The summed E-state index contributed by atoms with van der Waals surface area (Å²) in [6.45, 7) is 0. The summed E-state index contributed by atoms with van der Waals surface area (Å²) >= 11 is 3.49. The monoisotopic (exact) mass is 258 g/mol. The molecule has 0 aliphatic carbocycles. The minimum atomic E-state index is 0.675. The first-order chi connectivity index (χ1) is 8.31. The highest BCUT2D eigenvalue weighted by atomic mass is 32.2. The number of allylic oxidation sites excluding steroid dienone is 1. The second-order valence-electron chi connectivity index (χ2n) is 3.86. The number of hydrogen-bond acceptors (Lipinski definition) is 4. The Balaban J connectivity index is 2.33. The van der Waals surface area contributed by atoms with E-state index in [-0.39, 0.29) is 0 Å². The van der Waals surface area contributed by atoms with E-state index in [0.717, 1.165) is 22.6 Å². The summed E-state index contributed by atoms with van der Waals surface area (Å²) in [6, 6.07) is 10.5. The van der Waals surface area contributed by atoms with Gasteiger partial charge in [-0.05, 0) is 12.5 Å². The molecule has 0 fully saturated rings. The first-order valence-electron chi connectivity index (χ1n) is 5.34. The predicted octanol–water partition coefficient (Wildman–Crippen LogP) is 3.59. The third kappa shape index (κ3) is 1.63. The molecule has 17 heavy (non-hydrogen) atoms. The molecule has 84 valence electrons. The van der Waals surface area contributed by atoms with E-state index in [1.165, 1.54) is 15.0 Å². The maximum atomic E-state index is 9.09. The molecule has 1 aromatic carbocycles. The average molecular weight is 258 g/mol. The van der Waals surface area contributed by atoms with Crippen molar-refractivity contribution in [3.8, 4) is 6.07 Å². The number of hydrogen-bond donors (Lipinski definition) is 1. The molecule has 0 amide bonds. The molecule has 0 saturated heterocycles. The Morgan fingerprint density at radius 2 is 2.12 bits per heavy atom. The summed E-state index contributed by atoms with van der Waals surface area (Å²) in [5.74, 6) is 0.928. The molecule has 0 spiro atoms. The van der Waals surface area contributed by atoms with Crippen LogP contribution in [0.1, 0.15) is 11.3 Å². The van der Waals surface area contributed by atoms with Gasteiger partial charge in [0.05, 0.1) is 22.2 Å². The molecule has 2 heterocycles. The van der Waals surface area contributed by atoms with Crippen LogP contribution in [0.15, 0.2) is 34.7 Å². The number of nitrogens with two attached hydrogens (primary N) is 1. The van der Waals surface area contributed by atoms with Crippen LogP contribution in [0.3, 0.4) is 0 Å². The van der Waals surface area contributed by atoms with Crippen LogP contribution in [-0.2, 0) is 0 Å². The van der Waals surface area contributed by atoms with Crippen molar-refractivity contribution in [2.24, 2.45) is 5.73 Å². The second kappa shape index (κ2) is 4.10.